The van der Waals surface area contributed by atoms with Crippen molar-refractivity contribution in [3.8, 4) is 0 Å². The molecule has 1 aliphatic heterocycles. The standard InChI is InChI=1S/C12H19N3O2/c1-2-10(13-6-1)12-14-11(15-17-12)5-7-16-8-9-3-4-9/h9-10,13H,1-8H2. The van der Waals surface area contributed by atoms with E-state index >= 15 is 0 Å². The zero-order valence-corrected chi connectivity index (χ0v) is 10.0. The van der Waals surface area contributed by atoms with E-state index in [1.165, 1.54) is 19.3 Å². The van der Waals surface area contributed by atoms with Crippen LogP contribution < -0.4 is 5.32 Å². The van der Waals surface area contributed by atoms with Crippen LogP contribution in [0.15, 0.2) is 4.52 Å². The lowest BCUT2D eigenvalue weighted by molar-refractivity contribution is 0.125. The van der Waals surface area contributed by atoms with Gasteiger partial charge in [-0.2, -0.15) is 4.98 Å². The fraction of sp³-hybridized carbons (Fsp3) is 0.833. The van der Waals surface area contributed by atoms with E-state index in [1.54, 1.807) is 0 Å². The predicted octanol–water partition coefficient (Wildman–Crippen LogP) is 1.46. The first-order valence-corrected chi connectivity index (χ1v) is 6.55. The number of hydrogen-bond acceptors (Lipinski definition) is 5. The second-order valence-corrected chi connectivity index (χ2v) is 4.97. The lowest BCUT2D eigenvalue weighted by Gasteiger charge is -2.01. The van der Waals surface area contributed by atoms with Gasteiger partial charge in [-0.05, 0) is 38.1 Å². The van der Waals surface area contributed by atoms with Crippen molar-refractivity contribution >= 4 is 0 Å². The molecule has 1 unspecified atom stereocenters. The molecular formula is C12H19N3O2. The van der Waals surface area contributed by atoms with Gasteiger partial charge in [0.25, 0.3) is 0 Å². The minimum absolute atomic E-state index is 0.267. The lowest BCUT2D eigenvalue weighted by Crippen LogP contribution is -2.13. The SMILES string of the molecule is C1CNC(c2nc(CCOCC3CC3)no2)C1. The Hall–Kier alpha value is -0.940. The molecule has 1 aromatic rings. The van der Waals surface area contributed by atoms with Crippen molar-refractivity contribution < 1.29 is 9.26 Å². The van der Waals surface area contributed by atoms with Crippen LogP contribution in [0.25, 0.3) is 0 Å². The summed E-state index contributed by atoms with van der Waals surface area (Å²) >= 11 is 0. The highest BCUT2D eigenvalue weighted by Crippen LogP contribution is 2.28. The van der Waals surface area contributed by atoms with Crippen LogP contribution in [-0.2, 0) is 11.2 Å². The fourth-order valence-corrected chi connectivity index (χ4v) is 2.10. The summed E-state index contributed by atoms with van der Waals surface area (Å²) in [6, 6.07) is 0.267. The van der Waals surface area contributed by atoms with Crippen LogP contribution in [-0.4, -0.2) is 29.9 Å². The summed E-state index contributed by atoms with van der Waals surface area (Å²) in [5.41, 5.74) is 0. The van der Waals surface area contributed by atoms with E-state index in [0.717, 1.165) is 43.6 Å². The third-order valence-corrected chi connectivity index (χ3v) is 3.36. The summed E-state index contributed by atoms with van der Waals surface area (Å²) < 4.78 is 10.8. The molecule has 1 atom stereocenters. The topological polar surface area (TPSA) is 60.2 Å². The van der Waals surface area contributed by atoms with Gasteiger partial charge in [0.05, 0.1) is 12.6 Å². The van der Waals surface area contributed by atoms with Gasteiger partial charge in [-0.3, -0.25) is 0 Å². The number of rotatable bonds is 6. The van der Waals surface area contributed by atoms with E-state index in [0.29, 0.717) is 6.61 Å². The van der Waals surface area contributed by atoms with E-state index in [2.05, 4.69) is 15.5 Å². The van der Waals surface area contributed by atoms with Gasteiger partial charge in [0.15, 0.2) is 5.82 Å². The average molecular weight is 237 g/mol. The molecule has 0 spiro atoms. The number of hydrogen-bond donors (Lipinski definition) is 1. The highest BCUT2D eigenvalue weighted by molar-refractivity contribution is 4.95. The summed E-state index contributed by atoms with van der Waals surface area (Å²) in [5, 5.41) is 7.34. The highest BCUT2D eigenvalue weighted by atomic mass is 16.5. The van der Waals surface area contributed by atoms with Crippen LogP contribution in [0.5, 0.6) is 0 Å². The van der Waals surface area contributed by atoms with Crippen molar-refractivity contribution in [2.24, 2.45) is 5.92 Å². The fourth-order valence-electron chi connectivity index (χ4n) is 2.10. The quantitative estimate of drug-likeness (QED) is 0.759. The Bertz CT molecular complexity index is 356. The molecule has 3 rings (SSSR count). The van der Waals surface area contributed by atoms with Gasteiger partial charge in [-0.1, -0.05) is 5.16 Å². The zero-order chi connectivity index (χ0) is 11.5. The number of aromatic nitrogens is 2. The Kier molecular flexibility index (Phi) is 3.38. The van der Waals surface area contributed by atoms with Crippen LogP contribution in [0, 0.1) is 5.92 Å². The van der Waals surface area contributed by atoms with Gasteiger partial charge >= 0.3 is 0 Å². The van der Waals surface area contributed by atoms with Crippen molar-refractivity contribution in [1.29, 1.82) is 0 Å². The average Bonchev–Trinajstić information content (AvgIpc) is 2.84. The molecule has 1 aromatic heterocycles. The third-order valence-electron chi connectivity index (χ3n) is 3.36. The largest absolute Gasteiger partial charge is 0.381 e. The first-order chi connectivity index (χ1) is 8.42. The van der Waals surface area contributed by atoms with Crippen LogP contribution >= 0.6 is 0 Å². The summed E-state index contributed by atoms with van der Waals surface area (Å²) in [6.45, 7) is 2.65. The smallest absolute Gasteiger partial charge is 0.243 e. The monoisotopic (exact) mass is 237 g/mol. The molecule has 94 valence electrons. The molecule has 0 aromatic carbocycles. The normalized spacial score (nSPS) is 24.4. The van der Waals surface area contributed by atoms with Gasteiger partial charge in [-0.25, -0.2) is 0 Å². The molecule has 2 fully saturated rings. The minimum Gasteiger partial charge on any atom is -0.381 e. The molecule has 0 bridgehead atoms. The number of ether oxygens (including phenoxy) is 1. The molecule has 2 aliphatic rings. The van der Waals surface area contributed by atoms with E-state index in [9.17, 15) is 0 Å². The van der Waals surface area contributed by atoms with Crippen LogP contribution in [0.2, 0.25) is 0 Å². The molecule has 17 heavy (non-hydrogen) atoms. The van der Waals surface area contributed by atoms with Gasteiger partial charge in [0, 0.05) is 13.0 Å². The van der Waals surface area contributed by atoms with E-state index in [-0.39, 0.29) is 6.04 Å². The first kappa shape index (κ1) is 11.2. The van der Waals surface area contributed by atoms with Crippen molar-refractivity contribution in [2.45, 2.75) is 38.1 Å². The van der Waals surface area contributed by atoms with Gasteiger partial charge in [0.2, 0.25) is 5.89 Å². The summed E-state index contributed by atoms with van der Waals surface area (Å²) in [6.07, 6.45) is 5.70. The second kappa shape index (κ2) is 5.14. The molecule has 1 saturated heterocycles. The molecule has 0 radical (unpaired) electrons. The van der Waals surface area contributed by atoms with Crippen molar-refractivity contribution in [3.63, 3.8) is 0 Å². The summed E-state index contributed by atoms with van der Waals surface area (Å²) in [5.74, 6) is 2.32. The Morgan fingerprint density at radius 1 is 1.35 bits per heavy atom. The van der Waals surface area contributed by atoms with Gasteiger partial charge in [-0.15, -0.1) is 0 Å². The maximum Gasteiger partial charge on any atom is 0.243 e. The molecule has 0 amide bonds. The number of nitrogens with one attached hydrogen (secondary N) is 1. The van der Waals surface area contributed by atoms with Crippen LogP contribution in [0.3, 0.4) is 0 Å². The molecular weight excluding hydrogens is 218 g/mol. The Balaban J connectivity index is 1.42. The van der Waals surface area contributed by atoms with Crippen molar-refractivity contribution in [1.82, 2.24) is 15.5 Å². The molecule has 1 N–H and O–H groups in total. The summed E-state index contributed by atoms with van der Waals surface area (Å²) in [4.78, 5) is 4.40. The van der Waals surface area contributed by atoms with Gasteiger partial charge in [0.1, 0.15) is 0 Å². The third kappa shape index (κ3) is 3.04. The van der Waals surface area contributed by atoms with E-state index in [1.807, 2.05) is 0 Å². The van der Waals surface area contributed by atoms with E-state index < -0.39 is 0 Å². The molecule has 1 saturated carbocycles. The Morgan fingerprint density at radius 3 is 3.06 bits per heavy atom. The highest BCUT2D eigenvalue weighted by Gasteiger charge is 2.23. The van der Waals surface area contributed by atoms with Crippen molar-refractivity contribution in [2.75, 3.05) is 19.8 Å². The second-order valence-electron chi connectivity index (χ2n) is 4.97. The minimum atomic E-state index is 0.267. The van der Waals surface area contributed by atoms with E-state index in [4.69, 9.17) is 9.26 Å². The van der Waals surface area contributed by atoms with Crippen molar-refractivity contribution in [3.05, 3.63) is 11.7 Å². The molecule has 1 aliphatic carbocycles. The number of nitrogens with zero attached hydrogens (tertiary/aromatic N) is 2. The first-order valence-electron chi connectivity index (χ1n) is 6.55. The zero-order valence-electron chi connectivity index (χ0n) is 10.0. The lowest BCUT2D eigenvalue weighted by atomic mass is 10.2. The molecule has 5 nitrogen and oxygen atoms in total. The predicted molar refractivity (Wildman–Crippen MR) is 61.5 cm³/mol. The maximum atomic E-state index is 5.56. The Morgan fingerprint density at radius 2 is 2.29 bits per heavy atom. The van der Waals surface area contributed by atoms with Crippen LogP contribution in [0.1, 0.15) is 43.4 Å². The molecule has 5 heteroatoms. The Labute approximate surface area is 101 Å². The maximum absolute atomic E-state index is 5.56. The van der Waals surface area contributed by atoms with Crippen LogP contribution in [0.4, 0.5) is 0 Å². The summed E-state index contributed by atoms with van der Waals surface area (Å²) in [7, 11) is 0. The van der Waals surface area contributed by atoms with Gasteiger partial charge < -0.3 is 14.6 Å². The molecule has 2 heterocycles.